The molecule has 0 aliphatic carbocycles. The third-order valence-corrected chi connectivity index (χ3v) is 5.20. The van der Waals surface area contributed by atoms with Gasteiger partial charge in [-0.1, -0.05) is 30.0 Å². The number of hydrogen-bond acceptors (Lipinski definition) is 3. The van der Waals surface area contributed by atoms with Gasteiger partial charge in [-0.05, 0) is 36.8 Å². The Bertz CT molecular complexity index is 889. The number of nitrogens with zero attached hydrogens (tertiary/aromatic N) is 3. The number of hydrogen-bond donors (Lipinski definition) is 0. The van der Waals surface area contributed by atoms with Crippen LogP contribution >= 0.6 is 11.8 Å². The molecule has 24 heavy (non-hydrogen) atoms. The summed E-state index contributed by atoms with van der Waals surface area (Å²) in [5, 5.41) is 0. The van der Waals surface area contributed by atoms with E-state index in [4.69, 9.17) is 0 Å². The summed E-state index contributed by atoms with van der Waals surface area (Å²) < 4.78 is 1.93. The Hall–Kier alpha value is -2.53. The molecule has 0 atom stereocenters. The SMILES string of the molecule is Cc1ccc2c(c1)N(C(=O)CCn1ccnc1)c1ccccc1S2. The van der Waals surface area contributed by atoms with E-state index in [0.29, 0.717) is 13.0 Å². The van der Waals surface area contributed by atoms with Gasteiger partial charge in [-0.25, -0.2) is 4.98 Å². The van der Waals surface area contributed by atoms with Crippen molar-refractivity contribution < 1.29 is 4.79 Å². The largest absolute Gasteiger partial charge is 0.337 e. The van der Waals surface area contributed by atoms with Gasteiger partial charge in [0.2, 0.25) is 5.91 Å². The van der Waals surface area contributed by atoms with Gasteiger partial charge in [0, 0.05) is 35.2 Å². The van der Waals surface area contributed by atoms with E-state index in [-0.39, 0.29) is 5.91 Å². The van der Waals surface area contributed by atoms with Gasteiger partial charge in [0.1, 0.15) is 0 Å². The number of carbonyl (C=O) groups is 1. The van der Waals surface area contributed by atoms with Crippen molar-refractivity contribution in [2.24, 2.45) is 0 Å². The number of anilines is 2. The van der Waals surface area contributed by atoms with Crippen LogP contribution < -0.4 is 4.90 Å². The molecule has 0 saturated heterocycles. The summed E-state index contributed by atoms with van der Waals surface area (Å²) in [4.78, 5) is 21.1. The Balaban J connectivity index is 1.70. The number of carbonyl (C=O) groups excluding carboxylic acids is 1. The molecule has 2 aromatic carbocycles. The number of imidazole rings is 1. The minimum atomic E-state index is 0.100. The van der Waals surface area contributed by atoms with Crippen molar-refractivity contribution in [1.29, 1.82) is 0 Å². The van der Waals surface area contributed by atoms with Gasteiger partial charge in [0.25, 0.3) is 0 Å². The first-order valence-corrected chi connectivity index (χ1v) is 8.70. The second kappa shape index (κ2) is 6.17. The summed E-state index contributed by atoms with van der Waals surface area (Å²) in [7, 11) is 0. The molecule has 1 aliphatic heterocycles. The van der Waals surface area contributed by atoms with Crippen molar-refractivity contribution in [2.75, 3.05) is 4.90 Å². The van der Waals surface area contributed by atoms with Crippen LogP contribution in [0.25, 0.3) is 0 Å². The average molecular weight is 335 g/mol. The Kier molecular flexibility index (Phi) is 3.86. The minimum Gasteiger partial charge on any atom is -0.337 e. The molecular formula is C19H17N3OS. The van der Waals surface area contributed by atoms with Gasteiger partial charge in [0.05, 0.1) is 17.7 Å². The maximum absolute atomic E-state index is 13.0. The third-order valence-electron chi connectivity index (χ3n) is 4.07. The molecule has 0 spiro atoms. The molecule has 5 heteroatoms. The minimum absolute atomic E-state index is 0.100. The number of benzene rings is 2. The van der Waals surface area contributed by atoms with E-state index in [1.807, 2.05) is 33.9 Å². The number of para-hydroxylation sites is 1. The summed E-state index contributed by atoms with van der Waals surface area (Å²) >= 11 is 1.72. The molecule has 0 bridgehead atoms. The Morgan fingerprint density at radius 2 is 1.96 bits per heavy atom. The molecule has 0 N–H and O–H groups in total. The van der Waals surface area contributed by atoms with Crippen LogP contribution in [0.1, 0.15) is 12.0 Å². The van der Waals surface area contributed by atoms with E-state index >= 15 is 0 Å². The van der Waals surface area contributed by atoms with Crippen LogP contribution in [0.3, 0.4) is 0 Å². The quantitative estimate of drug-likeness (QED) is 0.711. The van der Waals surface area contributed by atoms with Crippen LogP contribution in [0, 0.1) is 6.92 Å². The zero-order valence-corrected chi connectivity index (χ0v) is 14.2. The molecule has 0 fully saturated rings. The maximum Gasteiger partial charge on any atom is 0.233 e. The van der Waals surface area contributed by atoms with Crippen LogP contribution in [0.2, 0.25) is 0 Å². The molecule has 2 heterocycles. The van der Waals surface area contributed by atoms with Crippen LogP contribution in [0.15, 0.2) is 71.0 Å². The van der Waals surface area contributed by atoms with Gasteiger partial charge in [0.15, 0.2) is 0 Å². The molecule has 1 aromatic heterocycles. The molecule has 0 saturated carbocycles. The second-order valence-electron chi connectivity index (χ2n) is 5.82. The first-order valence-electron chi connectivity index (χ1n) is 7.88. The molecule has 4 nitrogen and oxygen atoms in total. The molecular weight excluding hydrogens is 318 g/mol. The highest BCUT2D eigenvalue weighted by molar-refractivity contribution is 7.99. The average Bonchev–Trinajstić information content (AvgIpc) is 3.11. The highest BCUT2D eigenvalue weighted by Gasteiger charge is 2.27. The van der Waals surface area contributed by atoms with Crippen LogP contribution in [0.5, 0.6) is 0 Å². The van der Waals surface area contributed by atoms with E-state index in [1.165, 1.54) is 0 Å². The van der Waals surface area contributed by atoms with Crippen LogP contribution in [-0.4, -0.2) is 15.5 Å². The predicted molar refractivity (Wildman–Crippen MR) is 95.7 cm³/mol. The summed E-state index contributed by atoms with van der Waals surface area (Å²) in [5.74, 6) is 0.100. The van der Waals surface area contributed by atoms with E-state index in [1.54, 1.807) is 24.3 Å². The van der Waals surface area contributed by atoms with E-state index < -0.39 is 0 Å². The lowest BCUT2D eigenvalue weighted by molar-refractivity contribution is -0.118. The zero-order chi connectivity index (χ0) is 16.5. The van der Waals surface area contributed by atoms with Gasteiger partial charge in [-0.3, -0.25) is 9.69 Å². The monoisotopic (exact) mass is 335 g/mol. The molecule has 1 amide bonds. The molecule has 0 unspecified atom stereocenters. The Morgan fingerprint density at radius 1 is 1.12 bits per heavy atom. The fourth-order valence-electron chi connectivity index (χ4n) is 2.89. The second-order valence-corrected chi connectivity index (χ2v) is 6.90. The highest BCUT2D eigenvalue weighted by Crippen LogP contribution is 2.48. The molecule has 1 aliphatic rings. The fourth-order valence-corrected chi connectivity index (χ4v) is 3.93. The van der Waals surface area contributed by atoms with Crippen molar-refractivity contribution in [3.8, 4) is 0 Å². The Labute approximate surface area is 145 Å². The van der Waals surface area contributed by atoms with Gasteiger partial charge < -0.3 is 4.57 Å². The zero-order valence-electron chi connectivity index (χ0n) is 13.3. The standard InChI is InChI=1S/C19H17N3OS/c1-14-6-7-18-16(12-14)22(15-4-2-3-5-17(15)24-18)19(23)8-10-21-11-9-20-13-21/h2-7,9,11-13H,8,10H2,1H3. The number of amides is 1. The van der Waals surface area contributed by atoms with Crippen molar-refractivity contribution in [1.82, 2.24) is 9.55 Å². The van der Waals surface area contributed by atoms with Gasteiger partial charge >= 0.3 is 0 Å². The lowest BCUT2D eigenvalue weighted by atomic mass is 10.1. The number of fused-ring (bicyclic) bond motifs is 2. The first kappa shape index (κ1) is 15.0. The maximum atomic E-state index is 13.0. The number of aryl methyl sites for hydroxylation is 2. The summed E-state index contributed by atoms with van der Waals surface area (Å²) in [6, 6.07) is 14.4. The van der Waals surface area contributed by atoms with Crippen LogP contribution in [0.4, 0.5) is 11.4 Å². The molecule has 120 valence electrons. The Morgan fingerprint density at radius 3 is 2.79 bits per heavy atom. The van der Waals surface area contributed by atoms with Crippen molar-refractivity contribution in [3.63, 3.8) is 0 Å². The predicted octanol–water partition coefficient (Wildman–Crippen LogP) is 4.41. The first-order chi connectivity index (χ1) is 11.7. The van der Waals surface area contributed by atoms with Gasteiger partial charge in [-0.15, -0.1) is 0 Å². The lowest BCUT2D eigenvalue weighted by Crippen LogP contribution is -2.29. The fraction of sp³-hybridized carbons (Fsp3) is 0.158. The highest BCUT2D eigenvalue weighted by atomic mass is 32.2. The lowest BCUT2D eigenvalue weighted by Gasteiger charge is -2.31. The molecule has 4 rings (SSSR count). The normalized spacial score (nSPS) is 12.6. The smallest absolute Gasteiger partial charge is 0.233 e. The molecule has 3 aromatic rings. The summed E-state index contributed by atoms with van der Waals surface area (Å²) in [5.41, 5.74) is 3.10. The topological polar surface area (TPSA) is 38.1 Å². The van der Waals surface area contributed by atoms with Crippen molar-refractivity contribution >= 4 is 29.0 Å². The number of aromatic nitrogens is 2. The van der Waals surface area contributed by atoms with E-state index in [0.717, 1.165) is 26.7 Å². The van der Waals surface area contributed by atoms with Crippen molar-refractivity contribution in [3.05, 3.63) is 66.7 Å². The van der Waals surface area contributed by atoms with Crippen LogP contribution in [-0.2, 0) is 11.3 Å². The number of rotatable bonds is 3. The van der Waals surface area contributed by atoms with E-state index in [9.17, 15) is 4.79 Å². The summed E-state index contributed by atoms with van der Waals surface area (Å²) in [6.07, 6.45) is 5.79. The van der Waals surface area contributed by atoms with Crippen molar-refractivity contribution in [2.45, 2.75) is 29.7 Å². The van der Waals surface area contributed by atoms with E-state index in [2.05, 4.69) is 36.2 Å². The molecule has 0 radical (unpaired) electrons. The third kappa shape index (κ3) is 2.71. The summed E-state index contributed by atoms with van der Waals surface area (Å²) in [6.45, 7) is 2.69. The van der Waals surface area contributed by atoms with Gasteiger partial charge in [-0.2, -0.15) is 0 Å².